The zero-order valence-corrected chi connectivity index (χ0v) is 13.4. The summed E-state index contributed by atoms with van der Waals surface area (Å²) in [5, 5.41) is 0.942. The van der Waals surface area contributed by atoms with E-state index in [0.29, 0.717) is 12.1 Å². The van der Waals surface area contributed by atoms with Crippen molar-refractivity contribution in [2.45, 2.75) is 6.61 Å². The smallest absolute Gasteiger partial charge is 0.288 e. The van der Waals surface area contributed by atoms with Crippen molar-refractivity contribution in [3.63, 3.8) is 0 Å². The predicted molar refractivity (Wildman–Crippen MR) is 93.4 cm³/mol. The lowest BCUT2D eigenvalue weighted by molar-refractivity contribution is -0.126. The molecule has 1 aromatic heterocycles. The molecule has 3 aromatic rings. The molecule has 6 heteroatoms. The van der Waals surface area contributed by atoms with Crippen LogP contribution in [0, 0.1) is 0 Å². The van der Waals surface area contributed by atoms with Gasteiger partial charge < -0.3 is 4.74 Å². The minimum absolute atomic E-state index is 0.152. The van der Waals surface area contributed by atoms with E-state index in [1.165, 1.54) is 0 Å². The Hall–Kier alpha value is -3.25. The Morgan fingerprint density at radius 2 is 1.64 bits per heavy atom. The van der Waals surface area contributed by atoms with Gasteiger partial charge in [0.05, 0.1) is 12.1 Å². The average molecular weight is 335 g/mol. The summed E-state index contributed by atoms with van der Waals surface area (Å²) in [6.45, 7) is 0.175. The molecule has 0 aliphatic rings. The zero-order chi connectivity index (χ0) is 17.5. The molecule has 0 bridgehead atoms. The Bertz CT molecular complexity index is 881. The molecule has 6 nitrogen and oxygen atoms in total. The lowest BCUT2D eigenvalue weighted by Crippen LogP contribution is -2.43. The van der Waals surface area contributed by atoms with Gasteiger partial charge >= 0.3 is 0 Å². The van der Waals surface area contributed by atoms with Gasteiger partial charge in [0.15, 0.2) is 0 Å². The second-order valence-corrected chi connectivity index (χ2v) is 5.37. The molecule has 0 unspecified atom stereocenters. The van der Waals surface area contributed by atoms with E-state index < -0.39 is 11.8 Å². The van der Waals surface area contributed by atoms with Crippen LogP contribution in [-0.4, -0.2) is 23.4 Å². The summed E-state index contributed by atoms with van der Waals surface area (Å²) in [5.41, 5.74) is 6.56. The number of ether oxygens (including phenoxy) is 1. The summed E-state index contributed by atoms with van der Waals surface area (Å²) < 4.78 is 5.30. The highest BCUT2D eigenvalue weighted by atomic mass is 16.5. The monoisotopic (exact) mass is 335 g/mol. The van der Waals surface area contributed by atoms with E-state index in [2.05, 4.69) is 15.8 Å². The molecule has 126 valence electrons. The number of nitrogens with one attached hydrogen (secondary N) is 2. The average Bonchev–Trinajstić information content (AvgIpc) is 2.66. The fraction of sp³-hybridized carbons (Fsp3) is 0.105. The van der Waals surface area contributed by atoms with Gasteiger partial charge in [-0.05, 0) is 17.7 Å². The number of para-hydroxylation sites is 1. The van der Waals surface area contributed by atoms with Crippen LogP contribution < -0.4 is 10.9 Å². The molecule has 1 heterocycles. The largest absolute Gasteiger partial charge is 0.367 e. The van der Waals surface area contributed by atoms with Gasteiger partial charge in [0.2, 0.25) is 0 Å². The topological polar surface area (TPSA) is 80.3 Å². The van der Waals surface area contributed by atoms with E-state index in [0.717, 1.165) is 10.9 Å². The van der Waals surface area contributed by atoms with Gasteiger partial charge in [-0.15, -0.1) is 0 Å². The Labute approximate surface area is 144 Å². The standard InChI is InChI=1S/C19H17N3O3/c23-18(13-25-12-14-6-2-1-3-7-14)21-22-19(24)17-11-10-15-8-4-5-9-16(15)20-17/h1-11H,12-13H2,(H,21,23)(H,22,24). The quantitative estimate of drug-likeness (QED) is 0.701. The summed E-state index contributed by atoms with van der Waals surface area (Å²) in [5.74, 6) is -0.924. The summed E-state index contributed by atoms with van der Waals surface area (Å²) in [4.78, 5) is 28.0. The number of hydrazine groups is 1. The van der Waals surface area contributed by atoms with Crippen LogP contribution >= 0.6 is 0 Å². The molecular weight excluding hydrogens is 318 g/mol. The number of aromatic nitrogens is 1. The van der Waals surface area contributed by atoms with Crippen LogP contribution in [0.2, 0.25) is 0 Å². The number of nitrogens with zero attached hydrogens (tertiary/aromatic N) is 1. The number of benzene rings is 2. The van der Waals surface area contributed by atoms with Gasteiger partial charge in [-0.25, -0.2) is 4.98 Å². The summed E-state index contributed by atoms with van der Waals surface area (Å²) in [6.07, 6.45) is 0. The van der Waals surface area contributed by atoms with Gasteiger partial charge in [0.25, 0.3) is 11.8 Å². The minimum Gasteiger partial charge on any atom is -0.367 e. The molecule has 0 fully saturated rings. The van der Waals surface area contributed by atoms with Crippen LogP contribution in [0.1, 0.15) is 16.1 Å². The molecule has 0 saturated heterocycles. The Balaban J connectivity index is 1.46. The first-order chi connectivity index (χ1) is 12.2. The Morgan fingerprint density at radius 1 is 0.880 bits per heavy atom. The van der Waals surface area contributed by atoms with Crippen molar-refractivity contribution in [3.05, 3.63) is 78.0 Å². The van der Waals surface area contributed by atoms with Gasteiger partial charge in [-0.3, -0.25) is 20.4 Å². The van der Waals surface area contributed by atoms with Crippen LogP contribution in [-0.2, 0) is 16.1 Å². The van der Waals surface area contributed by atoms with E-state index in [1.54, 1.807) is 6.07 Å². The molecule has 0 spiro atoms. The number of hydrogen-bond donors (Lipinski definition) is 2. The highest BCUT2D eigenvalue weighted by Gasteiger charge is 2.09. The number of amides is 2. The Kier molecular flexibility index (Phi) is 5.33. The number of carbonyl (C=O) groups is 2. The molecule has 2 N–H and O–H groups in total. The molecule has 0 aliphatic carbocycles. The summed E-state index contributed by atoms with van der Waals surface area (Å²) in [7, 11) is 0. The van der Waals surface area contributed by atoms with Crippen LogP contribution in [0.25, 0.3) is 10.9 Å². The van der Waals surface area contributed by atoms with Gasteiger partial charge in [-0.1, -0.05) is 54.6 Å². The lowest BCUT2D eigenvalue weighted by Gasteiger charge is -2.08. The van der Waals surface area contributed by atoms with Gasteiger partial charge in [0.1, 0.15) is 12.3 Å². The molecule has 0 radical (unpaired) electrons. The maximum Gasteiger partial charge on any atom is 0.288 e. The molecule has 2 amide bonds. The van der Waals surface area contributed by atoms with Crippen molar-refractivity contribution >= 4 is 22.7 Å². The van der Waals surface area contributed by atoms with Gasteiger partial charge in [-0.2, -0.15) is 0 Å². The van der Waals surface area contributed by atoms with Crippen LogP contribution in [0.5, 0.6) is 0 Å². The fourth-order valence-electron chi connectivity index (χ4n) is 2.25. The number of carbonyl (C=O) groups excluding carboxylic acids is 2. The number of hydrogen-bond acceptors (Lipinski definition) is 4. The molecule has 2 aromatic carbocycles. The normalized spacial score (nSPS) is 10.4. The van der Waals surface area contributed by atoms with Crippen molar-refractivity contribution in [2.24, 2.45) is 0 Å². The van der Waals surface area contributed by atoms with E-state index >= 15 is 0 Å². The number of rotatable bonds is 5. The van der Waals surface area contributed by atoms with Crippen molar-refractivity contribution in [3.8, 4) is 0 Å². The first-order valence-corrected chi connectivity index (χ1v) is 7.79. The third-order valence-electron chi connectivity index (χ3n) is 3.49. The maximum atomic E-state index is 12.1. The summed E-state index contributed by atoms with van der Waals surface area (Å²) >= 11 is 0. The molecule has 0 atom stereocenters. The summed E-state index contributed by atoms with van der Waals surface area (Å²) in [6, 6.07) is 20.4. The SMILES string of the molecule is O=C(COCc1ccccc1)NNC(=O)c1ccc2ccccc2n1. The van der Waals surface area contributed by atoms with E-state index in [4.69, 9.17) is 4.74 Å². The van der Waals surface area contributed by atoms with Gasteiger partial charge in [0, 0.05) is 5.39 Å². The molecule has 0 saturated carbocycles. The molecule has 25 heavy (non-hydrogen) atoms. The number of fused-ring (bicyclic) bond motifs is 1. The zero-order valence-electron chi connectivity index (χ0n) is 13.4. The minimum atomic E-state index is -0.484. The molecular formula is C19H17N3O3. The highest BCUT2D eigenvalue weighted by Crippen LogP contribution is 2.11. The fourth-order valence-corrected chi connectivity index (χ4v) is 2.25. The lowest BCUT2D eigenvalue weighted by atomic mass is 10.2. The Morgan fingerprint density at radius 3 is 2.48 bits per heavy atom. The van der Waals surface area contributed by atoms with Crippen LogP contribution in [0.15, 0.2) is 66.7 Å². The third-order valence-corrected chi connectivity index (χ3v) is 3.49. The maximum absolute atomic E-state index is 12.1. The first-order valence-electron chi connectivity index (χ1n) is 7.79. The van der Waals surface area contributed by atoms with Crippen LogP contribution in [0.3, 0.4) is 0 Å². The van der Waals surface area contributed by atoms with E-state index in [9.17, 15) is 9.59 Å². The van der Waals surface area contributed by atoms with E-state index in [-0.39, 0.29) is 12.3 Å². The molecule has 0 aliphatic heterocycles. The van der Waals surface area contributed by atoms with Crippen molar-refractivity contribution in [1.29, 1.82) is 0 Å². The third kappa shape index (κ3) is 4.62. The number of pyridine rings is 1. The highest BCUT2D eigenvalue weighted by molar-refractivity contribution is 5.95. The first kappa shape index (κ1) is 16.6. The van der Waals surface area contributed by atoms with Crippen molar-refractivity contribution < 1.29 is 14.3 Å². The second-order valence-electron chi connectivity index (χ2n) is 5.37. The van der Waals surface area contributed by atoms with Crippen LogP contribution in [0.4, 0.5) is 0 Å². The molecule has 3 rings (SSSR count). The van der Waals surface area contributed by atoms with Crippen molar-refractivity contribution in [1.82, 2.24) is 15.8 Å². The van der Waals surface area contributed by atoms with E-state index in [1.807, 2.05) is 60.7 Å². The second kappa shape index (κ2) is 8.03. The van der Waals surface area contributed by atoms with Crippen molar-refractivity contribution in [2.75, 3.05) is 6.61 Å². The predicted octanol–water partition coefficient (Wildman–Crippen LogP) is 2.21.